The molecule has 1 unspecified atom stereocenters. The van der Waals surface area contributed by atoms with Crippen LogP contribution in [-0.2, 0) is 11.3 Å². The molecule has 0 aromatic carbocycles. The maximum absolute atomic E-state index is 9.05. The van der Waals surface area contributed by atoms with E-state index < -0.39 is 0 Å². The number of methoxy groups -OCH3 is 1. The number of hydrogen-bond acceptors (Lipinski definition) is 6. The number of aromatic nitrogens is 4. The molecule has 104 valence electrons. The summed E-state index contributed by atoms with van der Waals surface area (Å²) in [7, 11) is 1.63. The molecule has 7 nitrogen and oxygen atoms in total. The highest BCUT2D eigenvalue weighted by atomic mass is 16.5. The minimum absolute atomic E-state index is 0.155. The van der Waals surface area contributed by atoms with Crippen LogP contribution in [0.15, 0.2) is 12.4 Å². The lowest BCUT2D eigenvalue weighted by Gasteiger charge is -2.18. The summed E-state index contributed by atoms with van der Waals surface area (Å²) in [5.74, 6) is 1.35. The highest BCUT2D eigenvalue weighted by Crippen LogP contribution is 2.14. The molecule has 2 N–H and O–H groups in total. The van der Waals surface area contributed by atoms with E-state index in [1.807, 2.05) is 6.07 Å². The van der Waals surface area contributed by atoms with Gasteiger partial charge in [0.2, 0.25) is 0 Å². The standard InChI is InChI=1S/C12H19N5O2/c1-3-9(4-5-18)15-11-6-10(7-19-2)16-12-13-8-14-17(11)12/h6,8-9,15,18H,3-5,7H2,1-2H3. The Balaban J connectivity index is 2.31. The van der Waals surface area contributed by atoms with Gasteiger partial charge in [-0.1, -0.05) is 6.92 Å². The lowest BCUT2D eigenvalue weighted by Crippen LogP contribution is -2.22. The molecular weight excluding hydrogens is 246 g/mol. The third kappa shape index (κ3) is 3.18. The van der Waals surface area contributed by atoms with Crippen molar-refractivity contribution in [3.63, 3.8) is 0 Å². The SMILES string of the molecule is CCC(CCO)Nc1cc(COC)nc2ncnn12. The maximum atomic E-state index is 9.05. The van der Waals surface area contributed by atoms with Gasteiger partial charge in [-0.2, -0.15) is 14.6 Å². The monoisotopic (exact) mass is 265 g/mol. The highest BCUT2D eigenvalue weighted by molar-refractivity contribution is 5.45. The quantitative estimate of drug-likeness (QED) is 0.772. The average Bonchev–Trinajstić information content (AvgIpc) is 2.87. The molecule has 19 heavy (non-hydrogen) atoms. The van der Waals surface area contributed by atoms with Crippen molar-refractivity contribution in [2.75, 3.05) is 19.0 Å². The van der Waals surface area contributed by atoms with Gasteiger partial charge in [0.1, 0.15) is 12.1 Å². The second-order valence-corrected chi connectivity index (χ2v) is 4.30. The molecule has 0 saturated carbocycles. The van der Waals surface area contributed by atoms with Crippen LogP contribution in [0.2, 0.25) is 0 Å². The topological polar surface area (TPSA) is 84.6 Å². The molecule has 0 aliphatic rings. The van der Waals surface area contributed by atoms with Crippen LogP contribution in [0.3, 0.4) is 0 Å². The first-order valence-corrected chi connectivity index (χ1v) is 6.34. The average molecular weight is 265 g/mol. The van der Waals surface area contributed by atoms with E-state index in [0.29, 0.717) is 18.8 Å². The van der Waals surface area contributed by atoms with Crippen molar-refractivity contribution in [2.45, 2.75) is 32.4 Å². The number of rotatable bonds is 7. The summed E-state index contributed by atoms with van der Waals surface area (Å²) < 4.78 is 6.75. The zero-order valence-corrected chi connectivity index (χ0v) is 11.2. The summed E-state index contributed by atoms with van der Waals surface area (Å²) in [6.45, 7) is 2.65. The van der Waals surface area contributed by atoms with E-state index in [0.717, 1.165) is 17.9 Å². The van der Waals surface area contributed by atoms with Crippen molar-refractivity contribution in [2.24, 2.45) is 0 Å². The summed E-state index contributed by atoms with van der Waals surface area (Å²) in [4.78, 5) is 8.44. The van der Waals surface area contributed by atoms with Crippen molar-refractivity contribution in [1.82, 2.24) is 19.6 Å². The number of ether oxygens (including phenoxy) is 1. The van der Waals surface area contributed by atoms with Gasteiger partial charge in [-0.05, 0) is 12.8 Å². The maximum Gasteiger partial charge on any atom is 0.254 e. The lowest BCUT2D eigenvalue weighted by atomic mass is 10.1. The number of fused-ring (bicyclic) bond motifs is 1. The molecule has 0 radical (unpaired) electrons. The predicted octanol–water partition coefficient (Wildman–Crippen LogP) is 0.844. The van der Waals surface area contributed by atoms with Gasteiger partial charge in [0.25, 0.3) is 5.78 Å². The Morgan fingerprint density at radius 3 is 3.05 bits per heavy atom. The third-order valence-electron chi connectivity index (χ3n) is 2.92. The van der Waals surface area contributed by atoms with Crippen LogP contribution in [0.25, 0.3) is 5.78 Å². The summed E-state index contributed by atoms with van der Waals surface area (Å²) in [6.07, 6.45) is 3.07. The summed E-state index contributed by atoms with van der Waals surface area (Å²) in [6, 6.07) is 2.08. The molecule has 7 heteroatoms. The first-order valence-electron chi connectivity index (χ1n) is 6.34. The normalized spacial score (nSPS) is 12.8. The van der Waals surface area contributed by atoms with Gasteiger partial charge in [0.05, 0.1) is 12.3 Å². The molecule has 0 amide bonds. The molecule has 0 fully saturated rings. The molecule has 0 bridgehead atoms. The van der Waals surface area contributed by atoms with E-state index in [9.17, 15) is 0 Å². The number of nitrogens with one attached hydrogen (secondary N) is 1. The fourth-order valence-electron chi connectivity index (χ4n) is 1.93. The molecule has 1 atom stereocenters. The molecule has 0 spiro atoms. The Morgan fingerprint density at radius 2 is 2.37 bits per heavy atom. The Morgan fingerprint density at radius 1 is 1.53 bits per heavy atom. The summed E-state index contributed by atoms with van der Waals surface area (Å²) in [5.41, 5.74) is 0.796. The molecule has 0 aliphatic heterocycles. The van der Waals surface area contributed by atoms with Gasteiger partial charge in [-0.25, -0.2) is 4.98 Å². The van der Waals surface area contributed by atoms with Gasteiger partial charge in [-0.3, -0.25) is 0 Å². The number of anilines is 1. The van der Waals surface area contributed by atoms with Crippen LogP contribution in [0, 0.1) is 0 Å². The minimum atomic E-state index is 0.155. The Kier molecular flexibility index (Phi) is 4.64. The Labute approximate surface area is 111 Å². The number of aliphatic hydroxyl groups is 1. The van der Waals surface area contributed by atoms with Gasteiger partial charge in [0.15, 0.2) is 0 Å². The van der Waals surface area contributed by atoms with Crippen LogP contribution in [0.4, 0.5) is 5.82 Å². The van der Waals surface area contributed by atoms with Crippen molar-refractivity contribution in [1.29, 1.82) is 0 Å². The van der Waals surface area contributed by atoms with Gasteiger partial charge in [-0.15, -0.1) is 0 Å². The molecule has 0 saturated heterocycles. The predicted molar refractivity (Wildman–Crippen MR) is 70.9 cm³/mol. The van der Waals surface area contributed by atoms with E-state index in [2.05, 4.69) is 27.3 Å². The Hall–Kier alpha value is -1.73. The molecule has 2 heterocycles. The summed E-state index contributed by atoms with van der Waals surface area (Å²) in [5, 5.41) is 16.6. The second-order valence-electron chi connectivity index (χ2n) is 4.30. The van der Waals surface area contributed by atoms with Crippen LogP contribution >= 0.6 is 0 Å². The first kappa shape index (κ1) is 13.7. The van der Waals surface area contributed by atoms with Crippen molar-refractivity contribution < 1.29 is 9.84 Å². The smallest absolute Gasteiger partial charge is 0.254 e. The Bertz CT molecular complexity index is 528. The fraction of sp³-hybridized carbons (Fsp3) is 0.583. The van der Waals surface area contributed by atoms with Crippen LogP contribution in [0.5, 0.6) is 0 Å². The van der Waals surface area contributed by atoms with Crippen molar-refractivity contribution >= 4 is 11.6 Å². The second kappa shape index (κ2) is 6.44. The molecule has 2 aromatic heterocycles. The van der Waals surface area contributed by atoms with E-state index in [1.165, 1.54) is 6.33 Å². The first-order chi connectivity index (χ1) is 9.28. The van der Waals surface area contributed by atoms with Crippen LogP contribution in [0.1, 0.15) is 25.5 Å². The van der Waals surface area contributed by atoms with Crippen LogP contribution < -0.4 is 5.32 Å². The van der Waals surface area contributed by atoms with Crippen LogP contribution in [-0.4, -0.2) is 44.4 Å². The molecule has 2 rings (SSSR count). The molecule has 0 aliphatic carbocycles. The number of nitrogens with zero attached hydrogens (tertiary/aromatic N) is 4. The van der Waals surface area contributed by atoms with Gasteiger partial charge < -0.3 is 15.2 Å². The highest BCUT2D eigenvalue weighted by Gasteiger charge is 2.11. The zero-order valence-electron chi connectivity index (χ0n) is 11.2. The number of aliphatic hydroxyl groups excluding tert-OH is 1. The van der Waals surface area contributed by atoms with E-state index >= 15 is 0 Å². The fourth-order valence-corrected chi connectivity index (χ4v) is 1.93. The third-order valence-corrected chi connectivity index (χ3v) is 2.92. The van der Waals surface area contributed by atoms with Gasteiger partial charge in [0, 0.05) is 25.8 Å². The minimum Gasteiger partial charge on any atom is -0.396 e. The zero-order chi connectivity index (χ0) is 13.7. The van der Waals surface area contributed by atoms with Crippen molar-refractivity contribution in [3.05, 3.63) is 18.1 Å². The lowest BCUT2D eigenvalue weighted by molar-refractivity contribution is 0.181. The van der Waals surface area contributed by atoms with E-state index in [4.69, 9.17) is 9.84 Å². The number of hydrogen-bond donors (Lipinski definition) is 2. The molecule has 2 aromatic rings. The van der Waals surface area contributed by atoms with E-state index in [-0.39, 0.29) is 12.6 Å². The molecular formula is C12H19N5O2. The van der Waals surface area contributed by atoms with E-state index in [1.54, 1.807) is 11.6 Å². The largest absolute Gasteiger partial charge is 0.396 e. The van der Waals surface area contributed by atoms with Crippen molar-refractivity contribution in [3.8, 4) is 0 Å². The van der Waals surface area contributed by atoms with Gasteiger partial charge >= 0.3 is 0 Å². The summed E-state index contributed by atoms with van der Waals surface area (Å²) >= 11 is 0.